The summed E-state index contributed by atoms with van der Waals surface area (Å²) >= 11 is 7.76. The lowest BCUT2D eigenvalue weighted by molar-refractivity contribution is 0.425. The van der Waals surface area contributed by atoms with Gasteiger partial charge in [-0.05, 0) is 89.1 Å². The standard InChI is InChI=1S/C30H23ClF2N2S/c1-18-14-22(16-19-2-10-24(32)11-3-19)28-26(15-18)29(21-6-12-25(33)13-7-21)35-27(17-36-30(35)34-28)20-4-8-23(31)9-5-20/h2-13,16-18,29H,14-15H2,1H3/b22-16+/t18-,29-/m0/s1. The molecule has 2 nitrogen and oxygen atoms in total. The van der Waals surface area contributed by atoms with Crippen LogP contribution >= 0.6 is 23.4 Å². The molecule has 0 saturated heterocycles. The summed E-state index contributed by atoms with van der Waals surface area (Å²) in [7, 11) is 0. The summed E-state index contributed by atoms with van der Waals surface area (Å²) in [6.45, 7) is 2.25. The van der Waals surface area contributed by atoms with Crippen molar-refractivity contribution in [3.63, 3.8) is 0 Å². The van der Waals surface area contributed by atoms with E-state index in [9.17, 15) is 8.78 Å². The van der Waals surface area contributed by atoms with Crippen LogP contribution in [0.25, 0.3) is 11.8 Å². The summed E-state index contributed by atoms with van der Waals surface area (Å²) in [4.78, 5) is 7.44. The molecular weight excluding hydrogens is 494 g/mol. The van der Waals surface area contributed by atoms with E-state index >= 15 is 0 Å². The van der Waals surface area contributed by atoms with Crippen molar-refractivity contribution in [2.45, 2.75) is 25.8 Å². The highest BCUT2D eigenvalue weighted by atomic mass is 35.5. The van der Waals surface area contributed by atoms with E-state index in [0.717, 1.165) is 51.7 Å². The summed E-state index contributed by atoms with van der Waals surface area (Å²) in [6.07, 6.45) is 3.91. The molecule has 0 unspecified atom stereocenters. The minimum absolute atomic E-state index is 0.107. The molecule has 0 bridgehead atoms. The number of fused-ring (bicyclic) bond motifs is 1. The predicted octanol–water partition coefficient (Wildman–Crippen LogP) is 8.84. The first-order valence-corrected chi connectivity index (χ1v) is 13.2. The van der Waals surface area contributed by atoms with Crippen molar-refractivity contribution < 1.29 is 8.78 Å². The van der Waals surface area contributed by atoms with Gasteiger partial charge in [0.05, 0.1) is 17.4 Å². The predicted molar refractivity (Wildman–Crippen MR) is 145 cm³/mol. The Morgan fingerprint density at radius 2 is 1.58 bits per heavy atom. The van der Waals surface area contributed by atoms with E-state index in [4.69, 9.17) is 16.6 Å². The highest BCUT2D eigenvalue weighted by Crippen LogP contribution is 2.52. The molecule has 0 spiro atoms. The van der Waals surface area contributed by atoms with E-state index in [2.05, 4.69) is 23.3 Å². The summed E-state index contributed by atoms with van der Waals surface area (Å²) < 4.78 is 27.4. The van der Waals surface area contributed by atoms with Crippen molar-refractivity contribution in [1.82, 2.24) is 4.90 Å². The van der Waals surface area contributed by atoms with E-state index in [-0.39, 0.29) is 17.7 Å². The van der Waals surface area contributed by atoms with E-state index in [1.165, 1.54) is 29.8 Å². The largest absolute Gasteiger partial charge is 0.308 e. The number of hydrogen-bond acceptors (Lipinski definition) is 3. The second-order valence-electron chi connectivity index (χ2n) is 9.45. The quantitative estimate of drug-likeness (QED) is 0.345. The molecular formula is C30H23ClF2N2S. The van der Waals surface area contributed by atoms with Crippen LogP contribution in [0.4, 0.5) is 8.78 Å². The van der Waals surface area contributed by atoms with Gasteiger partial charge in [-0.1, -0.05) is 66.7 Å². The molecule has 3 aromatic rings. The Kier molecular flexibility index (Phi) is 6.06. The lowest BCUT2D eigenvalue weighted by Crippen LogP contribution is -2.35. The normalized spacial score (nSPS) is 22.3. The van der Waals surface area contributed by atoms with Crippen LogP contribution in [0.3, 0.4) is 0 Å². The molecule has 6 rings (SSSR count). The molecule has 0 saturated carbocycles. The fourth-order valence-electron chi connectivity index (χ4n) is 5.22. The van der Waals surface area contributed by atoms with Gasteiger partial charge in [-0.15, -0.1) is 0 Å². The third kappa shape index (κ3) is 4.31. The maximum atomic E-state index is 13.9. The summed E-state index contributed by atoms with van der Waals surface area (Å²) in [6, 6.07) is 21.1. The number of nitrogens with zero attached hydrogens (tertiary/aromatic N) is 2. The number of halogens is 3. The minimum Gasteiger partial charge on any atom is -0.308 e. The van der Waals surface area contributed by atoms with Gasteiger partial charge in [0.15, 0.2) is 5.17 Å². The number of aliphatic imine (C=N–C) groups is 1. The second-order valence-corrected chi connectivity index (χ2v) is 10.7. The number of hydrogen-bond donors (Lipinski definition) is 0. The monoisotopic (exact) mass is 516 g/mol. The van der Waals surface area contributed by atoms with Crippen LogP contribution in [-0.4, -0.2) is 10.1 Å². The molecule has 2 atom stereocenters. The molecule has 0 amide bonds. The molecule has 0 N–H and O–H groups in total. The van der Waals surface area contributed by atoms with Crippen LogP contribution in [0.1, 0.15) is 42.5 Å². The number of allylic oxidation sites excluding steroid dienone is 1. The molecule has 6 heteroatoms. The van der Waals surface area contributed by atoms with E-state index in [1.54, 1.807) is 23.9 Å². The third-order valence-electron chi connectivity index (χ3n) is 6.82. The Bertz CT molecular complexity index is 1440. The fraction of sp³-hybridized carbons (Fsp3) is 0.167. The van der Waals surface area contributed by atoms with Crippen LogP contribution in [-0.2, 0) is 0 Å². The van der Waals surface area contributed by atoms with Crippen LogP contribution in [0.15, 0.2) is 100 Å². The summed E-state index contributed by atoms with van der Waals surface area (Å²) in [5.41, 5.74) is 7.45. The highest BCUT2D eigenvalue weighted by Gasteiger charge is 2.41. The van der Waals surface area contributed by atoms with E-state index in [0.29, 0.717) is 10.9 Å². The van der Waals surface area contributed by atoms with Crippen LogP contribution in [0, 0.1) is 17.6 Å². The molecule has 2 aliphatic heterocycles. The van der Waals surface area contributed by atoms with Crippen molar-refractivity contribution in [3.8, 4) is 0 Å². The Hall–Kier alpha value is -3.15. The summed E-state index contributed by atoms with van der Waals surface area (Å²) in [5.74, 6) is -0.0914. The van der Waals surface area contributed by atoms with Crippen molar-refractivity contribution in [1.29, 1.82) is 0 Å². The molecule has 3 aliphatic rings. The second kappa shape index (κ2) is 9.38. The number of amidine groups is 1. The van der Waals surface area contributed by atoms with Crippen LogP contribution < -0.4 is 0 Å². The number of benzene rings is 3. The molecule has 180 valence electrons. The lowest BCUT2D eigenvalue weighted by Gasteiger charge is -2.41. The summed E-state index contributed by atoms with van der Waals surface area (Å²) in [5, 5.41) is 3.71. The van der Waals surface area contributed by atoms with Crippen molar-refractivity contribution >= 4 is 40.3 Å². The van der Waals surface area contributed by atoms with Crippen LogP contribution in [0.5, 0.6) is 0 Å². The maximum Gasteiger partial charge on any atom is 0.174 e. The van der Waals surface area contributed by atoms with Crippen LogP contribution in [0.2, 0.25) is 5.02 Å². The maximum absolute atomic E-state index is 13.9. The molecule has 0 fully saturated rings. The minimum atomic E-state index is -0.254. The average Bonchev–Trinajstić information content (AvgIpc) is 3.29. The first kappa shape index (κ1) is 23.3. The fourth-order valence-corrected chi connectivity index (χ4v) is 6.28. The molecule has 0 radical (unpaired) electrons. The van der Waals surface area contributed by atoms with Gasteiger partial charge < -0.3 is 4.90 Å². The molecule has 2 heterocycles. The molecule has 1 aliphatic carbocycles. The molecule has 0 aromatic heterocycles. The molecule has 3 aromatic carbocycles. The van der Waals surface area contributed by atoms with E-state index in [1.807, 2.05) is 36.4 Å². The Morgan fingerprint density at radius 1 is 0.917 bits per heavy atom. The first-order chi connectivity index (χ1) is 17.5. The first-order valence-electron chi connectivity index (χ1n) is 11.9. The Morgan fingerprint density at radius 3 is 2.28 bits per heavy atom. The van der Waals surface area contributed by atoms with Gasteiger partial charge in [-0.2, -0.15) is 0 Å². The zero-order chi connectivity index (χ0) is 24.8. The number of thioether (sulfide) groups is 1. The van der Waals surface area contributed by atoms with Crippen molar-refractivity contribution in [2.75, 3.05) is 0 Å². The van der Waals surface area contributed by atoms with Gasteiger partial charge >= 0.3 is 0 Å². The van der Waals surface area contributed by atoms with Gasteiger partial charge in [0.25, 0.3) is 0 Å². The number of rotatable bonds is 3. The highest BCUT2D eigenvalue weighted by molar-refractivity contribution is 8.16. The zero-order valence-electron chi connectivity index (χ0n) is 19.6. The smallest absolute Gasteiger partial charge is 0.174 e. The van der Waals surface area contributed by atoms with Crippen molar-refractivity contribution in [3.05, 3.63) is 128 Å². The van der Waals surface area contributed by atoms with Gasteiger partial charge in [0, 0.05) is 10.4 Å². The van der Waals surface area contributed by atoms with Crippen molar-refractivity contribution in [2.24, 2.45) is 10.9 Å². The van der Waals surface area contributed by atoms with Gasteiger partial charge in [-0.3, -0.25) is 0 Å². The Balaban J connectivity index is 1.50. The topological polar surface area (TPSA) is 15.6 Å². The Labute approximate surface area is 218 Å². The zero-order valence-corrected chi connectivity index (χ0v) is 21.2. The lowest BCUT2D eigenvalue weighted by atomic mass is 9.78. The van der Waals surface area contributed by atoms with Gasteiger partial charge in [0.1, 0.15) is 11.6 Å². The third-order valence-corrected chi connectivity index (χ3v) is 7.91. The molecule has 36 heavy (non-hydrogen) atoms. The SMILES string of the molecule is C[C@@H]1CC2=C(N=C3SC=C(c4ccc(Cl)cc4)N3[C@H]2c2ccc(F)cc2)/C(=C/c2ccc(F)cc2)C1. The van der Waals surface area contributed by atoms with E-state index < -0.39 is 0 Å². The average molecular weight is 517 g/mol. The van der Waals surface area contributed by atoms with Gasteiger partial charge in [0.2, 0.25) is 0 Å². The van der Waals surface area contributed by atoms with Gasteiger partial charge in [-0.25, -0.2) is 13.8 Å².